The lowest BCUT2D eigenvalue weighted by Crippen LogP contribution is -2.34. The van der Waals surface area contributed by atoms with E-state index in [-0.39, 0.29) is 5.91 Å². The van der Waals surface area contributed by atoms with Crippen LogP contribution >= 0.6 is 11.6 Å². The van der Waals surface area contributed by atoms with E-state index in [1.165, 1.54) is 11.1 Å². The highest BCUT2D eigenvalue weighted by atomic mass is 35.5. The lowest BCUT2D eigenvalue weighted by molar-refractivity contribution is -0.117. The van der Waals surface area contributed by atoms with Gasteiger partial charge >= 0.3 is 0 Å². The minimum absolute atomic E-state index is 0.125. The molecule has 0 radical (unpaired) electrons. The first-order valence-electron chi connectivity index (χ1n) is 9.28. The third-order valence-corrected chi connectivity index (χ3v) is 5.05. The van der Waals surface area contributed by atoms with Crippen molar-refractivity contribution < 1.29 is 4.79 Å². The Labute approximate surface area is 165 Å². The summed E-state index contributed by atoms with van der Waals surface area (Å²) in [6.07, 6.45) is 2.25. The predicted molar refractivity (Wildman–Crippen MR) is 109 cm³/mol. The average Bonchev–Trinajstić information content (AvgIpc) is 3.47. The molecule has 0 saturated heterocycles. The summed E-state index contributed by atoms with van der Waals surface area (Å²) in [6.45, 7) is 5.41. The molecule has 2 aromatic carbocycles. The minimum Gasteiger partial charge on any atom is -0.324 e. The van der Waals surface area contributed by atoms with E-state index in [0.717, 1.165) is 19.4 Å². The lowest BCUT2D eigenvalue weighted by atomic mass is 10.0. The van der Waals surface area contributed by atoms with Gasteiger partial charge in [0.25, 0.3) is 0 Å². The molecule has 5 heteroatoms. The second-order valence-corrected chi connectivity index (χ2v) is 7.82. The molecule has 27 heavy (non-hydrogen) atoms. The number of carbonyl (C=O) groups is 1. The summed E-state index contributed by atoms with van der Waals surface area (Å²) in [6, 6.07) is 16.0. The molecule has 1 aliphatic carbocycles. The number of benzene rings is 2. The fraction of sp³-hybridized carbons (Fsp3) is 0.364. The van der Waals surface area contributed by atoms with E-state index < -0.39 is 0 Å². The summed E-state index contributed by atoms with van der Waals surface area (Å²) in [5, 5.41) is 12.5. The van der Waals surface area contributed by atoms with E-state index in [9.17, 15) is 10.1 Å². The number of hydrogen-bond acceptors (Lipinski definition) is 3. The number of hydrogen-bond donors (Lipinski definition) is 1. The first kappa shape index (κ1) is 19.4. The van der Waals surface area contributed by atoms with Gasteiger partial charge in [0, 0.05) is 17.6 Å². The van der Waals surface area contributed by atoms with Crippen molar-refractivity contribution in [3.8, 4) is 6.07 Å². The molecule has 0 aliphatic heterocycles. The Morgan fingerprint density at radius 2 is 1.96 bits per heavy atom. The highest BCUT2D eigenvalue weighted by Gasteiger charge is 2.30. The van der Waals surface area contributed by atoms with Gasteiger partial charge in [-0.15, -0.1) is 0 Å². The maximum absolute atomic E-state index is 12.6. The maximum Gasteiger partial charge on any atom is 0.238 e. The van der Waals surface area contributed by atoms with Crippen LogP contribution in [0.1, 0.15) is 49.3 Å². The Hall–Kier alpha value is -2.35. The number of nitriles is 1. The van der Waals surface area contributed by atoms with E-state index in [4.69, 9.17) is 11.6 Å². The summed E-state index contributed by atoms with van der Waals surface area (Å²) < 4.78 is 0. The zero-order valence-corrected chi connectivity index (χ0v) is 16.5. The minimum atomic E-state index is -0.125. The number of nitrogens with one attached hydrogen (secondary N) is 1. The Balaban J connectivity index is 1.65. The fourth-order valence-corrected chi connectivity index (χ4v) is 3.26. The highest BCUT2D eigenvalue weighted by molar-refractivity contribution is 6.31. The first-order chi connectivity index (χ1) is 13.0. The predicted octanol–water partition coefficient (Wildman–Crippen LogP) is 4.94. The summed E-state index contributed by atoms with van der Waals surface area (Å²) >= 11 is 5.99. The second-order valence-electron chi connectivity index (χ2n) is 7.38. The molecule has 2 aromatic rings. The van der Waals surface area contributed by atoms with Gasteiger partial charge in [0.15, 0.2) is 0 Å². The van der Waals surface area contributed by atoms with E-state index >= 15 is 0 Å². The van der Waals surface area contributed by atoms with Crippen LogP contribution in [0, 0.1) is 11.3 Å². The van der Waals surface area contributed by atoms with Crippen LogP contribution in [0.25, 0.3) is 0 Å². The molecule has 1 fully saturated rings. The third-order valence-electron chi connectivity index (χ3n) is 4.82. The average molecular weight is 382 g/mol. The van der Waals surface area contributed by atoms with E-state index in [0.29, 0.717) is 34.8 Å². The molecule has 140 valence electrons. The largest absolute Gasteiger partial charge is 0.324 e. The summed E-state index contributed by atoms with van der Waals surface area (Å²) in [5.74, 6) is 0.385. The van der Waals surface area contributed by atoms with Crippen LogP contribution in [-0.4, -0.2) is 23.4 Å². The van der Waals surface area contributed by atoms with Crippen LogP contribution in [0.3, 0.4) is 0 Å². The quantitative estimate of drug-likeness (QED) is 0.739. The van der Waals surface area contributed by atoms with E-state index in [1.807, 2.05) is 0 Å². The maximum atomic E-state index is 12.6. The number of rotatable bonds is 7. The standard InChI is InChI=1S/C22H24ClN3O/c1-15(2)17-5-3-16(4-6-17)13-26(20-9-10-20)14-22(27)25-21-11-19(23)8-7-18(21)12-24/h3-8,11,15,20H,9-10,13-14H2,1-2H3,(H,25,27). The third kappa shape index (κ3) is 5.32. The molecule has 1 aliphatic rings. The zero-order chi connectivity index (χ0) is 19.4. The first-order valence-corrected chi connectivity index (χ1v) is 9.66. The van der Waals surface area contributed by atoms with Crippen molar-refractivity contribution in [2.45, 2.75) is 45.2 Å². The van der Waals surface area contributed by atoms with E-state index in [2.05, 4.69) is 54.4 Å². The normalized spacial score (nSPS) is 13.6. The Bertz CT molecular complexity index is 851. The van der Waals surface area contributed by atoms with Gasteiger partial charge in [0.1, 0.15) is 6.07 Å². The van der Waals surface area contributed by atoms with Gasteiger partial charge in [-0.2, -0.15) is 5.26 Å². The van der Waals surface area contributed by atoms with Crippen LogP contribution < -0.4 is 5.32 Å². The number of halogens is 1. The van der Waals surface area contributed by atoms with E-state index in [1.54, 1.807) is 18.2 Å². The second kappa shape index (κ2) is 8.56. The van der Waals surface area contributed by atoms with Crippen molar-refractivity contribution in [1.29, 1.82) is 5.26 Å². The molecule has 0 aromatic heterocycles. The smallest absolute Gasteiger partial charge is 0.238 e. The molecule has 0 spiro atoms. The van der Waals surface area contributed by atoms with Crippen molar-refractivity contribution in [1.82, 2.24) is 4.90 Å². The Kier molecular flexibility index (Phi) is 6.15. The van der Waals surface area contributed by atoms with Gasteiger partial charge in [-0.3, -0.25) is 9.69 Å². The van der Waals surface area contributed by atoms with Gasteiger partial charge in [0.2, 0.25) is 5.91 Å². The van der Waals surface area contributed by atoms with Crippen LogP contribution in [0.5, 0.6) is 0 Å². The van der Waals surface area contributed by atoms with Gasteiger partial charge in [-0.25, -0.2) is 0 Å². The molecule has 0 atom stereocenters. The number of nitrogens with zero attached hydrogens (tertiary/aromatic N) is 2. The SMILES string of the molecule is CC(C)c1ccc(CN(CC(=O)Nc2cc(Cl)ccc2C#N)C2CC2)cc1. The number of carbonyl (C=O) groups excluding carboxylic acids is 1. The highest BCUT2D eigenvalue weighted by Crippen LogP contribution is 2.29. The summed E-state index contributed by atoms with van der Waals surface area (Å²) in [5.41, 5.74) is 3.40. The molecule has 0 bridgehead atoms. The molecule has 3 rings (SSSR count). The van der Waals surface area contributed by atoms with Crippen LogP contribution in [0.15, 0.2) is 42.5 Å². The van der Waals surface area contributed by atoms with Crippen LogP contribution in [0.4, 0.5) is 5.69 Å². The molecule has 0 heterocycles. The Morgan fingerprint density at radius 1 is 1.26 bits per heavy atom. The molecule has 1 saturated carbocycles. The topological polar surface area (TPSA) is 56.1 Å². The van der Waals surface area contributed by atoms with Crippen molar-refractivity contribution in [3.05, 3.63) is 64.2 Å². The number of anilines is 1. The Morgan fingerprint density at radius 3 is 2.56 bits per heavy atom. The van der Waals surface area contributed by atoms with Crippen LogP contribution in [-0.2, 0) is 11.3 Å². The van der Waals surface area contributed by atoms with Gasteiger partial charge in [-0.05, 0) is 48.1 Å². The molecule has 0 unspecified atom stereocenters. The van der Waals surface area contributed by atoms with Crippen molar-refractivity contribution in [3.63, 3.8) is 0 Å². The number of amides is 1. The zero-order valence-electron chi connectivity index (χ0n) is 15.7. The molecular formula is C22H24ClN3O. The van der Waals surface area contributed by atoms with Crippen LogP contribution in [0.2, 0.25) is 5.02 Å². The fourth-order valence-electron chi connectivity index (χ4n) is 3.09. The van der Waals surface area contributed by atoms with Crippen molar-refractivity contribution in [2.24, 2.45) is 0 Å². The van der Waals surface area contributed by atoms with Gasteiger partial charge < -0.3 is 5.32 Å². The van der Waals surface area contributed by atoms with Crippen molar-refractivity contribution >= 4 is 23.2 Å². The van der Waals surface area contributed by atoms with Gasteiger partial charge in [0.05, 0.1) is 17.8 Å². The summed E-state index contributed by atoms with van der Waals surface area (Å²) in [4.78, 5) is 14.8. The molecule has 1 amide bonds. The van der Waals surface area contributed by atoms with Crippen molar-refractivity contribution in [2.75, 3.05) is 11.9 Å². The summed E-state index contributed by atoms with van der Waals surface area (Å²) in [7, 11) is 0. The molecule has 4 nitrogen and oxygen atoms in total. The monoisotopic (exact) mass is 381 g/mol. The lowest BCUT2D eigenvalue weighted by Gasteiger charge is -2.22. The van der Waals surface area contributed by atoms with Gasteiger partial charge in [-0.1, -0.05) is 49.7 Å². The molecular weight excluding hydrogens is 358 g/mol. The molecule has 1 N–H and O–H groups in total.